The standard InChI is InChI=1S/C10H16N2S/c1-2-6-11-9(3-1)4-5-10-12-7-8-13-10/h7-9,11H,1-6H2. The number of hydrogen-bond acceptors (Lipinski definition) is 3. The third kappa shape index (κ3) is 2.78. The number of rotatable bonds is 3. The minimum atomic E-state index is 0.748. The summed E-state index contributed by atoms with van der Waals surface area (Å²) < 4.78 is 0. The van der Waals surface area contributed by atoms with Crippen LogP contribution in [0.5, 0.6) is 0 Å². The maximum Gasteiger partial charge on any atom is 0.0925 e. The van der Waals surface area contributed by atoms with Crippen molar-refractivity contribution in [2.75, 3.05) is 6.54 Å². The molecule has 2 nitrogen and oxygen atoms in total. The predicted octanol–water partition coefficient (Wildman–Crippen LogP) is 2.22. The van der Waals surface area contributed by atoms with Crippen LogP contribution in [0.3, 0.4) is 0 Å². The summed E-state index contributed by atoms with van der Waals surface area (Å²) in [5, 5.41) is 6.90. The summed E-state index contributed by atoms with van der Waals surface area (Å²) in [6, 6.07) is 0.748. The van der Waals surface area contributed by atoms with Crippen LogP contribution in [0.4, 0.5) is 0 Å². The zero-order chi connectivity index (χ0) is 8.93. The van der Waals surface area contributed by atoms with Gasteiger partial charge in [-0.25, -0.2) is 4.98 Å². The van der Waals surface area contributed by atoms with Crippen LogP contribution in [-0.2, 0) is 6.42 Å². The van der Waals surface area contributed by atoms with E-state index < -0.39 is 0 Å². The highest BCUT2D eigenvalue weighted by Crippen LogP contribution is 2.14. The van der Waals surface area contributed by atoms with Crippen LogP contribution in [0.25, 0.3) is 0 Å². The van der Waals surface area contributed by atoms with Gasteiger partial charge in [-0.3, -0.25) is 0 Å². The molecule has 0 radical (unpaired) electrons. The minimum Gasteiger partial charge on any atom is -0.314 e. The first kappa shape index (κ1) is 9.16. The van der Waals surface area contributed by atoms with E-state index in [1.807, 2.05) is 6.20 Å². The minimum absolute atomic E-state index is 0.748. The summed E-state index contributed by atoms with van der Waals surface area (Å²) in [7, 11) is 0. The molecule has 1 unspecified atom stereocenters. The zero-order valence-electron chi connectivity index (χ0n) is 7.83. The molecule has 1 fully saturated rings. The van der Waals surface area contributed by atoms with E-state index in [4.69, 9.17) is 0 Å². The molecule has 1 N–H and O–H groups in total. The van der Waals surface area contributed by atoms with Crippen LogP contribution in [0.15, 0.2) is 11.6 Å². The molecule has 2 rings (SSSR count). The van der Waals surface area contributed by atoms with Gasteiger partial charge in [0.2, 0.25) is 0 Å². The highest BCUT2D eigenvalue weighted by atomic mass is 32.1. The van der Waals surface area contributed by atoms with Crippen LogP contribution in [-0.4, -0.2) is 17.6 Å². The molecular formula is C10H16N2S. The molecule has 0 saturated carbocycles. The van der Waals surface area contributed by atoms with Gasteiger partial charge in [-0.1, -0.05) is 6.42 Å². The third-order valence-electron chi connectivity index (χ3n) is 2.60. The Hall–Kier alpha value is -0.410. The van der Waals surface area contributed by atoms with Crippen molar-refractivity contribution in [2.24, 2.45) is 0 Å². The Balaban J connectivity index is 1.72. The van der Waals surface area contributed by atoms with Crippen molar-refractivity contribution in [3.05, 3.63) is 16.6 Å². The topological polar surface area (TPSA) is 24.9 Å². The number of piperidine rings is 1. The molecule has 0 amide bonds. The first-order valence-electron chi connectivity index (χ1n) is 5.07. The second-order valence-corrected chi connectivity index (χ2v) is 4.59. The molecular weight excluding hydrogens is 180 g/mol. The molecule has 0 aromatic carbocycles. The van der Waals surface area contributed by atoms with Crippen molar-refractivity contribution < 1.29 is 0 Å². The Morgan fingerprint density at radius 3 is 3.23 bits per heavy atom. The van der Waals surface area contributed by atoms with Crippen molar-refractivity contribution >= 4 is 11.3 Å². The van der Waals surface area contributed by atoms with E-state index in [9.17, 15) is 0 Å². The number of nitrogens with one attached hydrogen (secondary N) is 1. The Labute approximate surface area is 83.4 Å². The first-order chi connectivity index (χ1) is 6.45. The second kappa shape index (κ2) is 4.72. The molecule has 3 heteroatoms. The summed E-state index contributed by atoms with van der Waals surface area (Å²) in [6.07, 6.45) is 8.41. The Kier molecular flexibility index (Phi) is 3.33. The molecule has 0 aliphatic carbocycles. The number of aromatic nitrogens is 1. The normalized spacial score (nSPS) is 23.2. The molecule has 1 aliphatic rings. The molecule has 1 aromatic rings. The van der Waals surface area contributed by atoms with Crippen molar-refractivity contribution in [1.82, 2.24) is 10.3 Å². The summed E-state index contributed by atoms with van der Waals surface area (Å²) in [5.41, 5.74) is 0. The molecule has 1 atom stereocenters. The van der Waals surface area contributed by atoms with Gasteiger partial charge in [-0.15, -0.1) is 11.3 Å². The number of nitrogens with zero attached hydrogens (tertiary/aromatic N) is 1. The monoisotopic (exact) mass is 196 g/mol. The lowest BCUT2D eigenvalue weighted by Gasteiger charge is -2.22. The smallest absolute Gasteiger partial charge is 0.0925 e. The SMILES string of the molecule is c1csc(CCC2CCCCN2)n1. The van der Waals surface area contributed by atoms with E-state index in [1.54, 1.807) is 11.3 Å². The van der Waals surface area contributed by atoms with Crippen LogP contribution >= 0.6 is 11.3 Å². The molecule has 0 spiro atoms. The second-order valence-electron chi connectivity index (χ2n) is 3.61. The van der Waals surface area contributed by atoms with Crippen molar-refractivity contribution in [1.29, 1.82) is 0 Å². The number of thiazole rings is 1. The zero-order valence-corrected chi connectivity index (χ0v) is 8.65. The highest BCUT2D eigenvalue weighted by Gasteiger charge is 2.12. The van der Waals surface area contributed by atoms with Gasteiger partial charge in [0.1, 0.15) is 0 Å². The van der Waals surface area contributed by atoms with E-state index in [1.165, 1.54) is 37.2 Å². The molecule has 1 saturated heterocycles. The number of aryl methyl sites for hydroxylation is 1. The highest BCUT2D eigenvalue weighted by molar-refractivity contribution is 7.09. The van der Waals surface area contributed by atoms with Crippen LogP contribution in [0, 0.1) is 0 Å². The Morgan fingerprint density at radius 2 is 2.54 bits per heavy atom. The van der Waals surface area contributed by atoms with Gasteiger partial charge in [-0.2, -0.15) is 0 Å². The lowest BCUT2D eigenvalue weighted by molar-refractivity contribution is 0.382. The maximum absolute atomic E-state index is 4.29. The maximum atomic E-state index is 4.29. The molecule has 1 aliphatic heterocycles. The van der Waals surface area contributed by atoms with E-state index >= 15 is 0 Å². The van der Waals surface area contributed by atoms with Gasteiger partial charge in [0.25, 0.3) is 0 Å². The van der Waals surface area contributed by atoms with Crippen molar-refractivity contribution in [2.45, 2.75) is 38.1 Å². The average Bonchev–Trinajstić information content (AvgIpc) is 2.69. The lowest BCUT2D eigenvalue weighted by atomic mass is 10.0. The van der Waals surface area contributed by atoms with E-state index in [-0.39, 0.29) is 0 Å². The first-order valence-corrected chi connectivity index (χ1v) is 5.95. The van der Waals surface area contributed by atoms with Gasteiger partial charge < -0.3 is 5.32 Å². The van der Waals surface area contributed by atoms with Crippen molar-refractivity contribution in [3.8, 4) is 0 Å². The number of hydrogen-bond donors (Lipinski definition) is 1. The fourth-order valence-corrected chi connectivity index (χ4v) is 2.48. The van der Waals surface area contributed by atoms with Gasteiger partial charge in [-0.05, 0) is 25.8 Å². The predicted molar refractivity (Wildman–Crippen MR) is 56.1 cm³/mol. The fourth-order valence-electron chi connectivity index (χ4n) is 1.84. The Morgan fingerprint density at radius 1 is 1.54 bits per heavy atom. The molecule has 0 bridgehead atoms. The van der Waals surface area contributed by atoms with Crippen LogP contribution < -0.4 is 5.32 Å². The quantitative estimate of drug-likeness (QED) is 0.802. The molecule has 13 heavy (non-hydrogen) atoms. The summed E-state index contributed by atoms with van der Waals surface area (Å²) in [6.45, 7) is 1.21. The third-order valence-corrected chi connectivity index (χ3v) is 3.44. The van der Waals surface area contributed by atoms with Gasteiger partial charge in [0.05, 0.1) is 5.01 Å². The average molecular weight is 196 g/mol. The van der Waals surface area contributed by atoms with E-state index in [0.717, 1.165) is 12.5 Å². The van der Waals surface area contributed by atoms with Gasteiger partial charge >= 0.3 is 0 Å². The van der Waals surface area contributed by atoms with E-state index in [2.05, 4.69) is 15.7 Å². The van der Waals surface area contributed by atoms with Crippen LogP contribution in [0.2, 0.25) is 0 Å². The largest absolute Gasteiger partial charge is 0.314 e. The molecule has 72 valence electrons. The summed E-state index contributed by atoms with van der Waals surface area (Å²) >= 11 is 1.77. The molecule has 1 aromatic heterocycles. The van der Waals surface area contributed by atoms with Gasteiger partial charge in [0, 0.05) is 24.0 Å². The van der Waals surface area contributed by atoms with Crippen LogP contribution in [0.1, 0.15) is 30.7 Å². The lowest BCUT2D eigenvalue weighted by Crippen LogP contribution is -2.34. The van der Waals surface area contributed by atoms with E-state index in [0.29, 0.717) is 0 Å². The fraction of sp³-hybridized carbons (Fsp3) is 0.700. The summed E-state index contributed by atoms with van der Waals surface area (Å²) in [5.74, 6) is 0. The molecule has 2 heterocycles. The Bertz CT molecular complexity index is 227. The van der Waals surface area contributed by atoms with Crippen molar-refractivity contribution in [3.63, 3.8) is 0 Å². The van der Waals surface area contributed by atoms with Gasteiger partial charge in [0.15, 0.2) is 0 Å². The summed E-state index contributed by atoms with van der Waals surface area (Å²) in [4.78, 5) is 4.29.